The molecule has 0 saturated heterocycles. The average molecular weight is 261 g/mol. The van der Waals surface area contributed by atoms with Crippen molar-refractivity contribution < 1.29 is 9.90 Å². The Morgan fingerprint density at radius 3 is 2.74 bits per heavy atom. The van der Waals surface area contributed by atoms with E-state index in [1.165, 1.54) is 0 Å². The lowest BCUT2D eigenvalue weighted by molar-refractivity contribution is 0.0818. The minimum Gasteiger partial charge on any atom is -0.391 e. The first-order valence-corrected chi connectivity index (χ1v) is 7.14. The molecular weight excluding hydrogens is 238 g/mol. The molecule has 1 aromatic rings. The maximum absolute atomic E-state index is 12.3. The molecule has 0 heterocycles. The number of benzene rings is 1. The van der Waals surface area contributed by atoms with Crippen molar-refractivity contribution in [1.29, 1.82) is 0 Å². The number of hydrogen-bond donors (Lipinski definition) is 2. The van der Waals surface area contributed by atoms with Crippen LogP contribution in [0.15, 0.2) is 18.2 Å². The SMILES string of the molecule is Cc1cccc(C(=O)NC2CCCCCC2O)c1C. The Hall–Kier alpha value is -1.35. The predicted molar refractivity (Wildman–Crippen MR) is 76.3 cm³/mol. The topological polar surface area (TPSA) is 49.3 Å². The highest BCUT2D eigenvalue weighted by Crippen LogP contribution is 2.19. The monoisotopic (exact) mass is 261 g/mol. The van der Waals surface area contributed by atoms with Crippen LogP contribution in [-0.4, -0.2) is 23.2 Å². The summed E-state index contributed by atoms with van der Waals surface area (Å²) >= 11 is 0. The number of nitrogens with one attached hydrogen (secondary N) is 1. The van der Waals surface area contributed by atoms with Gasteiger partial charge in [-0.05, 0) is 43.9 Å². The standard InChI is InChI=1S/C16H23NO2/c1-11-7-6-8-13(12(11)2)16(19)17-14-9-4-3-5-10-15(14)18/h6-8,14-15,18H,3-5,9-10H2,1-2H3,(H,17,19). The molecule has 1 amide bonds. The van der Waals surface area contributed by atoms with Gasteiger partial charge in [0.25, 0.3) is 5.91 Å². The van der Waals surface area contributed by atoms with Crippen LogP contribution in [0.25, 0.3) is 0 Å². The van der Waals surface area contributed by atoms with Gasteiger partial charge in [0.1, 0.15) is 0 Å². The van der Waals surface area contributed by atoms with Crippen LogP contribution in [0.3, 0.4) is 0 Å². The van der Waals surface area contributed by atoms with Gasteiger partial charge in [-0.25, -0.2) is 0 Å². The first-order valence-electron chi connectivity index (χ1n) is 7.14. The van der Waals surface area contributed by atoms with Gasteiger partial charge in [0, 0.05) is 5.56 Å². The summed E-state index contributed by atoms with van der Waals surface area (Å²) in [7, 11) is 0. The Bertz CT molecular complexity index is 456. The van der Waals surface area contributed by atoms with E-state index in [2.05, 4.69) is 5.32 Å². The molecule has 0 radical (unpaired) electrons. The van der Waals surface area contributed by atoms with E-state index in [0.717, 1.165) is 48.8 Å². The number of carbonyl (C=O) groups excluding carboxylic acids is 1. The van der Waals surface area contributed by atoms with E-state index in [0.29, 0.717) is 0 Å². The summed E-state index contributed by atoms with van der Waals surface area (Å²) in [5.74, 6) is -0.0628. The number of carbonyl (C=O) groups is 1. The van der Waals surface area contributed by atoms with Crippen LogP contribution in [0.1, 0.15) is 53.6 Å². The summed E-state index contributed by atoms with van der Waals surface area (Å²) < 4.78 is 0. The minimum absolute atomic E-state index is 0.0628. The lowest BCUT2D eigenvalue weighted by Crippen LogP contribution is -2.42. The summed E-state index contributed by atoms with van der Waals surface area (Å²) in [5.41, 5.74) is 2.86. The van der Waals surface area contributed by atoms with Crippen LogP contribution in [-0.2, 0) is 0 Å². The van der Waals surface area contributed by atoms with Gasteiger partial charge < -0.3 is 10.4 Å². The normalized spacial score (nSPS) is 23.7. The van der Waals surface area contributed by atoms with Crippen LogP contribution in [0.2, 0.25) is 0 Å². The Labute approximate surface area is 115 Å². The van der Waals surface area contributed by atoms with Crippen molar-refractivity contribution in [3.63, 3.8) is 0 Å². The Morgan fingerprint density at radius 2 is 1.95 bits per heavy atom. The third-order valence-corrected chi connectivity index (χ3v) is 4.15. The second-order valence-electron chi connectivity index (χ2n) is 5.53. The van der Waals surface area contributed by atoms with E-state index in [9.17, 15) is 9.90 Å². The molecule has 0 bridgehead atoms. The zero-order valence-electron chi connectivity index (χ0n) is 11.8. The van der Waals surface area contributed by atoms with E-state index >= 15 is 0 Å². The van der Waals surface area contributed by atoms with Crippen molar-refractivity contribution in [2.45, 2.75) is 58.1 Å². The number of aliphatic hydroxyl groups is 1. The zero-order valence-corrected chi connectivity index (χ0v) is 11.8. The molecule has 1 aliphatic rings. The molecule has 0 aromatic heterocycles. The number of hydrogen-bond acceptors (Lipinski definition) is 2. The number of rotatable bonds is 2. The van der Waals surface area contributed by atoms with E-state index in [-0.39, 0.29) is 11.9 Å². The van der Waals surface area contributed by atoms with E-state index < -0.39 is 6.10 Å². The molecule has 3 nitrogen and oxygen atoms in total. The lowest BCUT2D eigenvalue weighted by Gasteiger charge is -2.22. The van der Waals surface area contributed by atoms with Crippen molar-refractivity contribution in [1.82, 2.24) is 5.32 Å². The first-order chi connectivity index (χ1) is 9.09. The number of amides is 1. The summed E-state index contributed by atoms with van der Waals surface area (Å²) in [6, 6.07) is 5.66. The Kier molecular flexibility index (Phi) is 4.59. The third-order valence-electron chi connectivity index (χ3n) is 4.15. The van der Waals surface area contributed by atoms with Gasteiger partial charge in [-0.3, -0.25) is 4.79 Å². The quantitative estimate of drug-likeness (QED) is 0.804. The van der Waals surface area contributed by atoms with Crippen LogP contribution in [0.4, 0.5) is 0 Å². The molecule has 1 saturated carbocycles. The zero-order chi connectivity index (χ0) is 13.8. The molecule has 104 valence electrons. The molecule has 3 heteroatoms. The fourth-order valence-electron chi connectivity index (χ4n) is 2.70. The van der Waals surface area contributed by atoms with Crippen molar-refractivity contribution in [3.8, 4) is 0 Å². The van der Waals surface area contributed by atoms with E-state index in [1.807, 2.05) is 32.0 Å². The van der Waals surface area contributed by atoms with Gasteiger partial charge in [0.15, 0.2) is 0 Å². The fraction of sp³-hybridized carbons (Fsp3) is 0.562. The number of aryl methyl sites for hydroxylation is 1. The summed E-state index contributed by atoms with van der Waals surface area (Å²) in [6.45, 7) is 3.97. The lowest BCUT2D eigenvalue weighted by atomic mass is 10.0. The highest BCUT2D eigenvalue weighted by Gasteiger charge is 2.24. The molecule has 2 rings (SSSR count). The molecule has 0 aliphatic heterocycles. The molecule has 0 spiro atoms. The highest BCUT2D eigenvalue weighted by molar-refractivity contribution is 5.96. The van der Waals surface area contributed by atoms with E-state index in [1.54, 1.807) is 0 Å². The van der Waals surface area contributed by atoms with Crippen molar-refractivity contribution in [3.05, 3.63) is 34.9 Å². The van der Waals surface area contributed by atoms with Crippen molar-refractivity contribution in [2.24, 2.45) is 0 Å². The second-order valence-corrected chi connectivity index (χ2v) is 5.53. The summed E-state index contributed by atoms with van der Waals surface area (Å²) in [4.78, 5) is 12.3. The number of aliphatic hydroxyl groups excluding tert-OH is 1. The van der Waals surface area contributed by atoms with Gasteiger partial charge >= 0.3 is 0 Å². The van der Waals surface area contributed by atoms with Gasteiger partial charge in [-0.2, -0.15) is 0 Å². The van der Waals surface area contributed by atoms with Gasteiger partial charge in [0.05, 0.1) is 12.1 Å². The van der Waals surface area contributed by atoms with Crippen molar-refractivity contribution >= 4 is 5.91 Å². The Morgan fingerprint density at radius 1 is 1.21 bits per heavy atom. The van der Waals surface area contributed by atoms with Gasteiger partial charge in [0.2, 0.25) is 0 Å². The Balaban J connectivity index is 2.09. The molecule has 2 N–H and O–H groups in total. The fourth-order valence-corrected chi connectivity index (χ4v) is 2.70. The molecular formula is C16H23NO2. The smallest absolute Gasteiger partial charge is 0.251 e. The third kappa shape index (κ3) is 3.35. The van der Waals surface area contributed by atoms with Crippen LogP contribution in [0, 0.1) is 13.8 Å². The van der Waals surface area contributed by atoms with Crippen molar-refractivity contribution in [2.75, 3.05) is 0 Å². The molecule has 1 aliphatic carbocycles. The summed E-state index contributed by atoms with van der Waals surface area (Å²) in [6.07, 6.45) is 4.53. The van der Waals surface area contributed by atoms with Crippen LogP contribution >= 0.6 is 0 Å². The highest BCUT2D eigenvalue weighted by atomic mass is 16.3. The second kappa shape index (κ2) is 6.20. The van der Waals surface area contributed by atoms with Crippen LogP contribution in [0.5, 0.6) is 0 Å². The van der Waals surface area contributed by atoms with Gasteiger partial charge in [-0.1, -0.05) is 31.4 Å². The molecule has 2 atom stereocenters. The first kappa shape index (κ1) is 14.1. The van der Waals surface area contributed by atoms with Gasteiger partial charge in [-0.15, -0.1) is 0 Å². The minimum atomic E-state index is -0.406. The largest absolute Gasteiger partial charge is 0.391 e. The van der Waals surface area contributed by atoms with Crippen LogP contribution < -0.4 is 5.32 Å². The maximum atomic E-state index is 12.3. The molecule has 1 fully saturated rings. The predicted octanol–water partition coefficient (Wildman–Crippen LogP) is 2.73. The van der Waals surface area contributed by atoms with E-state index in [4.69, 9.17) is 0 Å². The molecule has 19 heavy (non-hydrogen) atoms. The maximum Gasteiger partial charge on any atom is 0.251 e. The average Bonchev–Trinajstić information content (AvgIpc) is 2.58. The molecule has 2 unspecified atom stereocenters. The molecule has 1 aromatic carbocycles. The summed E-state index contributed by atoms with van der Waals surface area (Å²) in [5, 5.41) is 13.1.